The smallest absolute Gasteiger partial charge is 0.123 e. The van der Waals surface area contributed by atoms with Gasteiger partial charge in [0.1, 0.15) is 5.82 Å². The number of rotatable bonds is 3. The predicted octanol–water partition coefficient (Wildman–Crippen LogP) is 3.61. The molecular weight excluding hydrogens is 225 g/mol. The van der Waals surface area contributed by atoms with Gasteiger partial charge in [-0.2, -0.15) is 0 Å². The van der Waals surface area contributed by atoms with E-state index < -0.39 is 0 Å². The van der Waals surface area contributed by atoms with Gasteiger partial charge in [0.25, 0.3) is 0 Å². The maximum absolute atomic E-state index is 13.3. The third kappa shape index (κ3) is 2.44. The topological polar surface area (TPSA) is 26.0 Å². The van der Waals surface area contributed by atoms with E-state index in [1.165, 1.54) is 6.07 Å². The Balaban J connectivity index is 2.40. The van der Waals surface area contributed by atoms with E-state index in [4.69, 9.17) is 5.73 Å². The van der Waals surface area contributed by atoms with Crippen LogP contribution in [0, 0.1) is 5.82 Å². The second kappa shape index (κ2) is 4.91. The summed E-state index contributed by atoms with van der Waals surface area (Å²) >= 11 is 0. The summed E-state index contributed by atoms with van der Waals surface area (Å²) in [7, 11) is 0. The molecule has 0 bridgehead atoms. The Hall–Kier alpha value is -1.67. The fourth-order valence-corrected chi connectivity index (χ4v) is 2.10. The fraction of sp³-hybridized carbons (Fsp3) is 0.250. The van der Waals surface area contributed by atoms with Gasteiger partial charge < -0.3 is 5.73 Å². The van der Waals surface area contributed by atoms with Crippen molar-refractivity contribution in [2.45, 2.75) is 25.8 Å². The monoisotopic (exact) mass is 243 g/mol. The van der Waals surface area contributed by atoms with E-state index in [0.717, 1.165) is 16.7 Å². The van der Waals surface area contributed by atoms with Crippen LogP contribution in [0.2, 0.25) is 0 Å². The van der Waals surface area contributed by atoms with Gasteiger partial charge in [-0.15, -0.1) is 0 Å². The molecule has 94 valence electrons. The van der Waals surface area contributed by atoms with Gasteiger partial charge in [-0.25, -0.2) is 4.39 Å². The quantitative estimate of drug-likeness (QED) is 0.875. The van der Waals surface area contributed by atoms with Crippen LogP contribution in [0.25, 0.3) is 0 Å². The summed E-state index contributed by atoms with van der Waals surface area (Å²) in [5.41, 5.74) is 8.62. The van der Waals surface area contributed by atoms with E-state index in [1.807, 2.05) is 18.2 Å². The lowest BCUT2D eigenvalue weighted by Gasteiger charge is -2.26. The largest absolute Gasteiger partial charge is 0.326 e. The zero-order valence-corrected chi connectivity index (χ0v) is 10.8. The summed E-state index contributed by atoms with van der Waals surface area (Å²) in [5.74, 6) is -0.195. The summed E-state index contributed by atoms with van der Waals surface area (Å²) in [5, 5.41) is 0. The molecule has 0 saturated heterocycles. The predicted molar refractivity (Wildman–Crippen MR) is 72.9 cm³/mol. The fourth-order valence-electron chi connectivity index (χ4n) is 2.10. The molecule has 0 heterocycles. The minimum Gasteiger partial charge on any atom is -0.326 e. The Morgan fingerprint density at radius 2 is 1.67 bits per heavy atom. The van der Waals surface area contributed by atoms with Crippen LogP contribution >= 0.6 is 0 Å². The van der Waals surface area contributed by atoms with Crippen molar-refractivity contribution in [3.8, 4) is 0 Å². The molecule has 0 fully saturated rings. The molecule has 2 aromatic carbocycles. The molecule has 2 aromatic rings. The lowest BCUT2D eigenvalue weighted by Crippen LogP contribution is -2.19. The van der Waals surface area contributed by atoms with Crippen LogP contribution in [-0.2, 0) is 12.0 Å². The third-order valence-electron chi connectivity index (χ3n) is 3.46. The molecular formula is C16H18FN. The van der Waals surface area contributed by atoms with Crippen molar-refractivity contribution in [3.05, 3.63) is 71.0 Å². The Labute approximate surface area is 107 Å². The van der Waals surface area contributed by atoms with Crippen LogP contribution in [-0.4, -0.2) is 0 Å². The highest BCUT2D eigenvalue weighted by Gasteiger charge is 2.23. The van der Waals surface area contributed by atoms with Gasteiger partial charge in [0.05, 0.1) is 0 Å². The number of benzene rings is 2. The maximum Gasteiger partial charge on any atom is 0.123 e. The van der Waals surface area contributed by atoms with E-state index in [0.29, 0.717) is 6.54 Å². The van der Waals surface area contributed by atoms with E-state index in [9.17, 15) is 4.39 Å². The highest BCUT2D eigenvalue weighted by atomic mass is 19.1. The lowest BCUT2D eigenvalue weighted by molar-refractivity contribution is 0.601. The Morgan fingerprint density at radius 3 is 2.22 bits per heavy atom. The molecule has 2 rings (SSSR count). The SMILES string of the molecule is CC(C)(c1ccc(CN)cc1)c1cccc(F)c1. The molecule has 0 aromatic heterocycles. The molecule has 0 atom stereocenters. The van der Waals surface area contributed by atoms with Gasteiger partial charge in [0.15, 0.2) is 0 Å². The first-order valence-corrected chi connectivity index (χ1v) is 6.09. The summed E-state index contributed by atoms with van der Waals surface area (Å²) < 4.78 is 13.3. The molecule has 0 unspecified atom stereocenters. The lowest BCUT2D eigenvalue weighted by atomic mass is 9.78. The zero-order chi connectivity index (χ0) is 13.2. The van der Waals surface area contributed by atoms with E-state index in [-0.39, 0.29) is 11.2 Å². The molecule has 18 heavy (non-hydrogen) atoms. The standard InChI is InChI=1S/C16H18FN/c1-16(2,14-4-3-5-15(17)10-14)13-8-6-12(11-18)7-9-13/h3-10H,11,18H2,1-2H3. The highest BCUT2D eigenvalue weighted by Crippen LogP contribution is 2.31. The van der Waals surface area contributed by atoms with E-state index >= 15 is 0 Å². The van der Waals surface area contributed by atoms with Crippen molar-refractivity contribution in [2.75, 3.05) is 0 Å². The molecule has 2 N–H and O–H groups in total. The molecule has 0 aliphatic heterocycles. The molecule has 1 nitrogen and oxygen atoms in total. The summed E-state index contributed by atoms with van der Waals surface area (Å²) in [6.07, 6.45) is 0. The van der Waals surface area contributed by atoms with Gasteiger partial charge in [0, 0.05) is 12.0 Å². The molecule has 0 aliphatic rings. The van der Waals surface area contributed by atoms with Gasteiger partial charge in [-0.05, 0) is 28.8 Å². The van der Waals surface area contributed by atoms with Crippen LogP contribution in [0.15, 0.2) is 48.5 Å². The molecule has 0 spiro atoms. The van der Waals surface area contributed by atoms with E-state index in [2.05, 4.69) is 26.0 Å². The molecule has 0 amide bonds. The van der Waals surface area contributed by atoms with Gasteiger partial charge in [-0.1, -0.05) is 50.2 Å². The van der Waals surface area contributed by atoms with Crippen LogP contribution in [0.1, 0.15) is 30.5 Å². The third-order valence-corrected chi connectivity index (χ3v) is 3.46. The van der Waals surface area contributed by atoms with Crippen LogP contribution in [0.4, 0.5) is 4.39 Å². The Morgan fingerprint density at radius 1 is 1.00 bits per heavy atom. The maximum atomic E-state index is 13.3. The summed E-state index contributed by atoms with van der Waals surface area (Å²) in [6.45, 7) is 4.74. The van der Waals surface area contributed by atoms with Crippen LogP contribution < -0.4 is 5.73 Å². The van der Waals surface area contributed by atoms with Crippen molar-refractivity contribution in [1.82, 2.24) is 0 Å². The number of halogens is 1. The van der Waals surface area contributed by atoms with Gasteiger partial charge >= 0.3 is 0 Å². The van der Waals surface area contributed by atoms with Crippen molar-refractivity contribution in [1.29, 1.82) is 0 Å². The van der Waals surface area contributed by atoms with Crippen LogP contribution in [0.3, 0.4) is 0 Å². The normalized spacial score (nSPS) is 11.6. The van der Waals surface area contributed by atoms with Gasteiger partial charge in [0.2, 0.25) is 0 Å². The number of hydrogen-bond acceptors (Lipinski definition) is 1. The first-order valence-electron chi connectivity index (χ1n) is 6.09. The first kappa shape index (κ1) is 12.8. The number of nitrogens with two attached hydrogens (primary N) is 1. The minimum atomic E-state index is -0.213. The van der Waals surface area contributed by atoms with Crippen molar-refractivity contribution in [3.63, 3.8) is 0 Å². The molecule has 0 radical (unpaired) electrons. The van der Waals surface area contributed by atoms with Crippen molar-refractivity contribution >= 4 is 0 Å². The van der Waals surface area contributed by atoms with E-state index in [1.54, 1.807) is 12.1 Å². The molecule has 0 saturated carbocycles. The highest BCUT2D eigenvalue weighted by molar-refractivity contribution is 5.38. The van der Waals surface area contributed by atoms with Crippen molar-refractivity contribution < 1.29 is 4.39 Å². The first-order chi connectivity index (χ1) is 8.54. The second-order valence-electron chi connectivity index (χ2n) is 5.04. The second-order valence-corrected chi connectivity index (χ2v) is 5.04. The number of hydrogen-bond donors (Lipinski definition) is 1. The summed E-state index contributed by atoms with van der Waals surface area (Å²) in [6, 6.07) is 14.9. The average molecular weight is 243 g/mol. The van der Waals surface area contributed by atoms with Crippen LogP contribution in [0.5, 0.6) is 0 Å². The zero-order valence-electron chi connectivity index (χ0n) is 10.8. The molecule has 2 heteroatoms. The Kier molecular flexibility index (Phi) is 3.48. The summed E-state index contributed by atoms with van der Waals surface area (Å²) in [4.78, 5) is 0. The molecule has 0 aliphatic carbocycles. The minimum absolute atomic E-state index is 0.195. The average Bonchev–Trinajstić information content (AvgIpc) is 2.39. The Bertz CT molecular complexity index is 529. The van der Waals surface area contributed by atoms with Gasteiger partial charge in [-0.3, -0.25) is 0 Å². The van der Waals surface area contributed by atoms with Crippen molar-refractivity contribution in [2.24, 2.45) is 5.73 Å².